The van der Waals surface area contributed by atoms with Gasteiger partial charge in [0.25, 0.3) is 5.56 Å². The van der Waals surface area contributed by atoms with Crippen LogP contribution in [0.2, 0.25) is 5.02 Å². The summed E-state index contributed by atoms with van der Waals surface area (Å²) in [5.74, 6) is -0.744. The number of hydrogen-bond acceptors (Lipinski definition) is 9. The molecule has 0 aliphatic carbocycles. The number of hydrogen-bond donors (Lipinski definition) is 4. The SMILES string of the molecule is COC(=O)Nc1ccc(-c2cc(C(CNC(=O)C(C)(C)C)NC(=O)C=Cc3cc(Cl)ccc3-n3cnnn3)n[nH]c2=O)cc1. The van der Waals surface area contributed by atoms with E-state index in [1.807, 2.05) is 0 Å². The average Bonchev–Trinajstić information content (AvgIpc) is 3.53. The lowest BCUT2D eigenvalue weighted by Gasteiger charge is -2.22. The second-order valence-corrected chi connectivity index (χ2v) is 11.0. The number of anilines is 1. The van der Waals surface area contributed by atoms with Crippen LogP contribution >= 0.6 is 11.6 Å². The van der Waals surface area contributed by atoms with Gasteiger partial charge in [-0.3, -0.25) is 19.7 Å². The van der Waals surface area contributed by atoms with Gasteiger partial charge in [-0.1, -0.05) is 44.5 Å². The number of aromatic nitrogens is 6. The molecule has 4 aromatic rings. The van der Waals surface area contributed by atoms with E-state index in [0.717, 1.165) is 0 Å². The van der Waals surface area contributed by atoms with Crippen LogP contribution in [0.25, 0.3) is 22.9 Å². The number of amides is 3. The van der Waals surface area contributed by atoms with Crippen molar-refractivity contribution in [2.24, 2.45) is 5.41 Å². The topological polar surface area (TPSA) is 186 Å². The number of nitrogens with one attached hydrogen (secondary N) is 4. The highest BCUT2D eigenvalue weighted by atomic mass is 35.5. The third kappa shape index (κ3) is 8.13. The number of carbonyl (C=O) groups is 3. The van der Waals surface area contributed by atoms with Crippen molar-refractivity contribution < 1.29 is 19.1 Å². The lowest BCUT2D eigenvalue weighted by Crippen LogP contribution is -2.42. The van der Waals surface area contributed by atoms with Crippen molar-refractivity contribution in [3.63, 3.8) is 0 Å². The Morgan fingerprint density at radius 2 is 1.86 bits per heavy atom. The van der Waals surface area contributed by atoms with E-state index >= 15 is 0 Å². The Hall–Kier alpha value is -5.37. The molecular weight excluding hydrogens is 590 g/mol. The maximum Gasteiger partial charge on any atom is 0.411 e. The molecule has 0 saturated heterocycles. The highest BCUT2D eigenvalue weighted by Gasteiger charge is 2.24. The van der Waals surface area contributed by atoms with Gasteiger partial charge in [0, 0.05) is 34.3 Å². The summed E-state index contributed by atoms with van der Waals surface area (Å²) >= 11 is 6.18. The van der Waals surface area contributed by atoms with Crippen LogP contribution in [0.5, 0.6) is 0 Å². The van der Waals surface area contributed by atoms with E-state index in [1.165, 1.54) is 30.3 Å². The zero-order valence-electron chi connectivity index (χ0n) is 24.3. The van der Waals surface area contributed by atoms with Crippen molar-refractivity contribution in [3.05, 3.63) is 87.6 Å². The highest BCUT2D eigenvalue weighted by molar-refractivity contribution is 6.30. The van der Waals surface area contributed by atoms with Gasteiger partial charge in [0.2, 0.25) is 11.8 Å². The molecule has 4 rings (SSSR count). The first-order valence-corrected chi connectivity index (χ1v) is 13.7. The van der Waals surface area contributed by atoms with E-state index in [-0.39, 0.29) is 18.0 Å². The van der Waals surface area contributed by atoms with E-state index in [0.29, 0.717) is 33.2 Å². The molecule has 0 bridgehead atoms. The fourth-order valence-electron chi connectivity index (χ4n) is 3.93. The van der Waals surface area contributed by atoms with Crippen molar-refractivity contribution in [1.82, 2.24) is 41.0 Å². The largest absolute Gasteiger partial charge is 0.453 e. The summed E-state index contributed by atoms with van der Waals surface area (Å²) in [4.78, 5) is 50.1. The number of benzene rings is 2. The molecule has 15 heteroatoms. The molecule has 0 aliphatic rings. The van der Waals surface area contributed by atoms with Gasteiger partial charge in [0.15, 0.2) is 0 Å². The van der Waals surface area contributed by atoms with Gasteiger partial charge in [-0.05, 0) is 58.5 Å². The average molecular weight is 620 g/mol. The lowest BCUT2D eigenvalue weighted by atomic mass is 9.95. The van der Waals surface area contributed by atoms with Crippen molar-refractivity contribution in [2.75, 3.05) is 19.0 Å². The Morgan fingerprint density at radius 1 is 1.11 bits per heavy atom. The van der Waals surface area contributed by atoms with Gasteiger partial charge < -0.3 is 15.4 Å². The van der Waals surface area contributed by atoms with Gasteiger partial charge >= 0.3 is 6.09 Å². The lowest BCUT2D eigenvalue weighted by molar-refractivity contribution is -0.128. The number of tetrazole rings is 1. The summed E-state index contributed by atoms with van der Waals surface area (Å²) < 4.78 is 6.03. The highest BCUT2D eigenvalue weighted by Crippen LogP contribution is 2.23. The predicted molar refractivity (Wildman–Crippen MR) is 163 cm³/mol. The minimum absolute atomic E-state index is 0.0107. The first-order chi connectivity index (χ1) is 20.9. The first kappa shape index (κ1) is 31.6. The molecule has 1 unspecified atom stereocenters. The third-order valence-corrected chi connectivity index (χ3v) is 6.51. The van der Waals surface area contributed by atoms with E-state index in [2.05, 4.69) is 46.4 Å². The van der Waals surface area contributed by atoms with Crippen LogP contribution in [0.1, 0.15) is 38.1 Å². The normalized spacial score (nSPS) is 12.0. The molecule has 0 fully saturated rings. The number of H-pyrrole nitrogens is 1. The predicted octanol–water partition coefficient (Wildman–Crippen LogP) is 3.28. The minimum Gasteiger partial charge on any atom is -0.453 e. The fraction of sp³-hybridized carbons (Fsp3) is 0.241. The molecule has 0 radical (unpaired) electrons. The molecule has 14 nitrogen and oxygen atoms in total. The monoisotopic (exact) mass is 619 g/mol. The van der Waals surface area contributed by atoms with Gasteiger partial charge in [0.1, 0.15) is 6.33 Å². The van der Waals surface area contributed by atoms with Gasteiger partial charge in [-0.25, -0.2) is 9.89 Å². The Balaban J connectivity index is 1.61. The third-order valence-electron chi connectivity index (χ3n) is 6.27. The quantitative estimate of drug-likeness (QED) is 0.204. The molecule has 4 N–H and O–H groups in total. The molecule has 0 aliphatic heterocycles. The molecule has 0 saturated carbocycles. The molecule has 2 aromatic heterocycles. The molecule has 228 valence electrons. The number of halogens is 1. The second-order valence-electron chi connectivity index (χ2n) is 10.5. The summed E-state index contributed by atoms with van der Waals surface area (Å²) in [6, 6.07) is 12.3. The van der Waals surface area contributed by atoms with Crippen LogP contribution in [0, 0.1) is 5.41 Å². The molecule has 1 atom stereocenters. The van der Waals surface area contributed by atoms with E-state index in [1.54, 1.807) is 69.3 Å². The van der Waals surface area contributed by atoms with Crippen LogP contribution in [0.4, 0.5) is 10.5 Å². The number of aromatic amines is 1. The van der Waals surface area contributed by atoms with Crippen LogP contribution in [0.15, 0.2) is 65.7 Å². The van der Waals surface area contributed by atoms with Crippen LogP contribution in [-0.2, 0) is 14.3 Å². The zero-order valence-corrected chi connectivity index (χ0v) is 25.0. The van der Waals surface area contributed by atoms with Gasteiger partial charge in [-0.15, -0.1) is 5.10 Å². The number of methoxy groups -OCH3 is 1. The molecule has 0 spiro atoms. The second kappa shape index (κ2) is 13.7. The molecule has 44 heavy (non-hydrogen) atoms. The molecular formula is C29H30ClN9O5. The summed E-state index contributed by atoms with van der Waals surface area (Å²) in [5, 5.41) is 26.5. The van der Waals surface area contributed by atoms with Crippen molar-refractivity contribution >= 4 is 41.3 Å². The maximum atomic E-state index is 13.2. The van der Waals surface area contributed by atoms with Crippen LogP contribution in [-0.4, -0.2) is 62.0 Å². The van der Waals surface area contributed by atoms with E-state index in [4.69, 9.17) is 11.6 Å². The summed E-state index contributed by atoms with van der Waals surface area (Å²) in [6.45, 7) is 5.28. The van der Waals surface area contributed by atoms with Crippen LogP contribution in [0.3, 0.4) is 0 Å². The zero-order chi connectivity index (χ0) is 31.9. The van der Waals surface area contributed by atoms with Crippen molar-refractivity contribution in [2.45, 2.75) is 26.8 Å². The van der Waals surface area contributed by atoms with Gasteiger partial charge in [0.05, 0.1) is 30.1 Å². The maximum absolute atomic E-state index is 13.2. The van der Waals surface area contributed by atoms with Crippen molar-refractivity contribution in [1.29, 1.82) is 0 Å². The number of rotatable bonds is 9. The Kier molecular flexibility index (Phi) is 9.85. The molecule has 2 heterocycles. The Bertz CT molecular complexity index is 1730. The van der Waals surface area contributed by atoms with Crippen LogP contribution < -0.4 is 21.5 Å². The summed E-state index contributed by atoms with van der Waals surface area (Å²) in [6.07, 6.45) is 3.64. The van der Waals surface area contributed by atoms with E-state index in [9.17, 15) is 19.2 Å². The number of nitrogens with zero attached hydrogens (tertiary/aromatic N) is 5. The smallest absolute Gasteiger partial charge is 0.411 e. The van der Waals surface area contributed by atoms with Gasteiger partial charge in [-0.2, -0.15) is 9.78 Å². The van der Waals surface area contributed by atoms with Crippen molar-refractivity contribution in [3.8, 4) is 16.8 Å². The van der Waals surface area contributed by atoms with E-state index < -0.39 is 29.0 Å². The molecule has 2 aromatic carbocycles. The number of ether oxygens (including phenoxy) is 1. The standard InChI is InChI=1S/C29H30ClN9O5/c1-29(2,3)27(42)31-15-23(34-25(40)12-7-18-13-19(30)8-11-24(18)39-16-32-37-38-39)22-14-21(26(41)36-35-22)17-5-9-20(10-6-17)33-28(43)44-4/h5-14,16,23H,15H2,1-4H3,(H,31,42)(H,33,43)(H,34,40)(H,36,41). The molecule has 3 amide bonds. The summed E-state index contributed by atoms with van der Waals surface area (Å²) in [5.41, 5.74) is 1.58. The Morgan fingerprint density at radius 3 is 2.52 bits per heavy atom. The fourth-order valence-corrected chi connectivity index (χ4v) is 4.11. The Labute approximate surface area is 256 Å². The minimum atomic E-state index is -0.826. The number of carbonyl (C=O) groups excluding carboxylic acids is 3. The summed E-state index contributed by atoms with van der Waals surface area (Å²) in [7, 11) is 1.25. The first-order valence-electron chi connectivity index (χ1n) is 13.3.